The Kier molecular flexibility index (Phi) is 5.51. The van der Waals surface area contributed by atoms with Gasteiger partial charge in [-0.15, -0.1) is 10.2 Å². The highest BCUT2D eigenvalue weighted by Crippen LogP contribution is 2.41. The number of methoxy groups -OCH3 is 1. The molecule has 3 heterocycles. The fourth-order valence-electron chi connectivity index (χ4n) is 3.61. The maximum Gasteiger partial charge on any atom is 0.240 e. The van der Waals surface area contributed by atoms with Gasteiger partial charge in [0.05, 0.1) is 10.4 Å². The largest absolute Gasteiger partial charge is 0.372 e. The van der Waals surface area contributed by atoms with Gasteiger partial charge in [0.2, 0.25) is 16.0 Å². The number of anilines is 1. The summed E-state index contributed by atoms with van der Waals surface area (Å²) in [4.78, 5) is 8.20. The van der Waals surface area contributed by atoms with Gasteiger partial charge in [0, 0.05) is 25.5 Å². The highest BCUT2D eigenvalue weighted by Gasteiger charge is 2.37. The topological polar surface area (TPSA) is 138 Å². The molecule has 4 aromatic rings. The zero-order valence-electron chi connectivity index (χ0n) is 17.7. The number of benzene rings is 1. The summed E-state index contributed by atoms with van der Waals surface area (Å²) in [7, 11) is -2.57. The third kappa shape index (κ3) is 4.05. The molecule has 13 heteroatoms. The minimum Gasteiger partial charge on any atom is -0.372 e. The van der Waals surface area contributed by atoms with Gasteiger partial charge < -0.3 is 9.26 Å². The number of hydrogen-bond acceptors (Lipinski definition) is 9. The first-order valence-electron chi connectivity index (χ1n) is 10.2. The summed E-state index contributed by atoms with van der Waals surface area (Å²) >= 11 is 5.84. The Morgan fingerprint density at radius 2 is 1.94 bits per heavy atom. The van der Waals surface area contributed by atoms with Gasteiger partial charge in [-0.25, -0.2) is 18.4 Å². The monoisotopic (exact) mass is 489 g/mol. The Bertz CT molecular complexity index is 1400. The minimum atomic E-state index is -3.96. The number of sulfonamides is 1. The zero-order valence-corrected chi connectivity index (χ0v) is 19.3. The number of fused-ring (bicyclic) bond motifs is 1. The Morgan fingerprint density at radius 1 is 1.21 bits per heavy atom. The van der Waals surface area contributed by atoms with Crippen LogP contribution < -0.4 is 4.72 Å². The molecule has 0 spiro atoms. The van der Waals surface area contributed by atoms with E-state index in [1.165, 1.54) is 26.4 Å². The molecule has 2 atom stereocenters. The number of aromatic nitrogens is 6. The second-order valence-electron chi connectivity index (χ2n) is 7.74. The van der Waals surface area contributed by atoms with Gasteiger partial charge in [-0.3, -0.25) is 9.29 Å². The molecule has 11 nitrogen and oxygen atoms in total. The van der Waals surface area contributed by atoms with Crippen LogP contribution >= 0.6 is 11.6 Å². The Hall–Kier alpha value is -3.09. The molecule has 3 aromatic heterocycles. The lowest BCUT2D eigenvalue weighted by Gasteiger charge is -2.22. The minimum absolute atomic E-state index is 0.0660. The van der Waals surface area contributed by atoms with E-state index in [1.54, 1.807) is 10.6 Å². The summed E-state index contributed by atoms with van der Waals surface area (Å²) in [6.07, 6.45) is 3.62. The zero-order chi connectivity index (χ0) is 23.2. The van der Waals surface area contributed by atoms with Crippen molar-refractivity contribution in [3.63, 3.8) is 0 Å². The van der Waals surface area contributed by atoms with E-state index in [-0.39, 0.29) is 17.8 Å². The first-order chi connectivity index (χ1) is 15.9. The van der Waals surface area contributed by atoms with Crippen LogP contribution in [0, 0.1) is 0 Å². The van der Waals surface area contributed by atoms with Crippen molar-refractivity contribution >= 4 is 38.5 Å². The van der Waals surface area contributed by atoms with Crippen LogP contribution in [0.1, 0.15) is 37.7 Å². The van der Waals surface area contributed by atoms with Gasteiger partial charge in [0.1, 0.15) is 11.4 Å². The van der Waals surface area contributed by atoms with E-state index in [0.717, 1.165) is 18.2 Å². The number of nitrogens with one attached hydrogen (secondary N) is 1. The Labute approximate surface area is 194 Å². The van der Waals surface area contributed by atoms with Crippen molar-refractivity contribution < 1.29 is 17.7 Å². The molecular weight excluding hydrogens is 470 g/mol. The summed E-state index contributed by atoms with van der Waals surface area (Å²) in [6.45, 7) is 1.51. The molecule has 1 aliphatic carbocycles. The Morgan fingerprint density at radius 3 is 2.64 bits per heavy atom. The predicted octanol–water partition coefficient (Wildman–Crippen LogP) is 3.38. The summed E-state index contributed by atoms with van der Waals surface area (Å²) in [6, 6.07) is 7.46. The van der Waals surface area contributed by atoms with E-state index in [9.17, 15) is 8.42 Å². The standard InChI is InChI=1S/C20H20ClN7O4S/c1-11(17(31-2)18-22-9-12(21)10-23-18)33(29,30)27-20-25-24-19(28(20)13-7-8-13)16-14-5-3-4-6-15(14)32-26-16/h3-6,9-11,13,17H,7-8H2,1-2H3,(H,25,27). The van der Waals surface area contributed by atoms with Crippen LogP contribution in [0.25, 0.3) is 22.5 Å². The van der Waals surface area contributed by atoms with Crippen molar-refractivity contribution in [3.8, 4) is 11.5 Å². The summed E-state index contributed by atoms with van der Waals surface area (Å²) in [5.74, 6) is 0.758. The van der Waals surface area contributed by atoms with Crippen LogP contribution in [-0.2, 0) is 14.8 Å². The molecule has 2 unspecified atom stereocenters. The van der Waals surface area contributed by atoms with E-state index >= 15 is 0 Å². The van der Waals surface area contributed by atoms with Crippen molar-refractivity contribution in [3.05, 3.63) is 47.5 Å². The van der Waals surface area contributed by atoms with Crippen LogP contribution in [-0.4, -0.2) is 50.7 Å². The Balaban J connectivity index is 1.48. The van der Waals surface area contributed by atoms with Crippen molar-refractivity contribution in [1.82, 2.24) is 29.9 Å². The molecule has 1 aromatic carbocycles. The fraction of sp³-hybridized carbons (Fsp3) is 0.350. The molecule has 1 aliphatic rings. The molecular formula is C20H20ClN7O4S. The molecule has 0 aliphatic heterocycles. The molecule has 5 rings (SSSR count). The molecule has 0 amide bonds. The second-order valence-corrected chi connectivity index (χ2v) is 10.2. The number of rotatable bonds is 8. The summed E-state index contributed by atoms with van der Waals surface area (Å²) < 4.78 is 41.7. The maximum atomic E-state index is 13.3. The van der Waals surface area contributed by atoms with Crippen molar-refractivity contribution in [2.24, 2.45) is 0 Å². The van der Waals surface area contributed by atoms with E-state index in [2.05, 4.69) is 30.0 Å². The van der Waals surface area contributed by atoms with Crippen LogP contribution in [0.5, 0.6) is 0 Å². The third-order valence-electron chi connectivity index (χ3n) is 5.50. The van der Waals surface area contributed by atoms with Crippen LogP contribution in [0.4, 0.5) is 5.95 Å². The molecule has 172 valence electrons. The van der Waals surface area contributed by atoms with Crippen molar-refractivity contribution in [1.29, 1.82) is 0 Å². The molecule has 1 saturated carbocycles. The first kappa shape index (κ1) is 21.7. The fourth-order valence-corrected chi connectivity index (χ4v) is 4.84. The normalized spacial score (nSPS) is 16.1. The third-order valence-corrected chi connectivity index (χ3v) is 7.38. The predicted molar refractivity (Wildman–Crippen MR) is 120 cm³/mol. The number of nitrogens with zero attached hydrogens (tertiary/aromatic N) is 6. The molecule has 0 saturated heterocycles. The van der Waals surface area contributed by atoms with Gasteiger partial charge in [-0.05, 0) is 31.9 Å². The molecule has 33 heavy (non-hydrogen) atoms. The highest BCUT2D eigenvalue weighted by atomic mass is 35.5. The number of halogens is 1. The average molecular weight is 490 g/mol. The van der Waals surface area contributed by atoms with Gasteiger partial charge in [-0.1, -0.05) is 28.9 Å². The van der Waals surface area contributed by atoms with E-state index in [4.69, 9.17) is 20.9 Å². The van der Waals surface area contributed by atoms with Crippen molar-refractivity contribution in [2.75, 3.05) is 11.8 Å². The van der Waals surface area contributed by atoms with Gasteiger partial charge in [-0.2, -0.15) is 0 Å². The first-order valence-corrected chi connectivity index (χ1v) is 12.1. The quantitative estimate of drug-likeness (QED) is 0.394. The lowest BCUT2D eigenvalue weighted by molar-refractivity contribution is 0.0950. The molecule has 0 bridgehead atoms. The van der Waals surface area contributed by atoms with Crippen LogP contribution in [0.2, 0.25) is 5.02 Å². The van der Waals surface area contributed by atoms with E-state index in [1.807, 2.05) is 18.2 Å². The van der Waals surface area contributed by atoms with Crippen molar-refractivity contribution in [2.45, 2.75) is 37.2 Å². The SMILES string of the molecule is COC(c1ncc(Cl)cn1)C(C)S(=O)(=O)Nc1nnc(-c2noc3ccccc23)n1C1CC1. The van der Waals surface area contributed by atoms with E-state index in [0.29, 0.717) is 22.1 Å². The molecule has 0 radical (unpaired) electrons. The van der Waals surface area contributed by atoms with Crippen LogP contribution in [0.3, 0.4) is 0 Å². The lowest BCUT2D eigenvalue weighted by Crippen LogP contribution is -2.33. The summed E-state index contributed by atoms with van der Waals surface area (Å²) in [5, 5.41) is 12.6. The smallest absolute Gasteiger partial charge is 0.240 e. The number of hydrogen-bond donors (Lipinski definition) is 1. The second kappa shape index (κ2) is 8.36. The maximum absolute atomic E-state index is 13.3. The average Bonchev–Trinajstić information content (AvgIpc) is 3.43. The highest BCUT2D eigenvalue weighted by molar-refractivity contribution is 7.93. The van der Waals surface area contributed by atoms with Gasteiger partial charge >= 0.3 is 0 Å². The number of ether oxygens (including phenoxy) is 1. The summed E-state index contributed by atoms with van der Waals surface area (Å²) in [5.41, 5.74) is 1.12. The van der Waals surface area contributed by atoms with Gasteiger partial charge in [0.15, 0.2) is 22.9 Å². The molecule has 1 N–H and O–H groups in total. The lowest BCUT2D eigenvalue weighted by atomic mass is 10.2. The number of para-hydroxylation sites is 1. The molecule has 1 fully saturated rings. The van der Waals surface area contributed by atoms with Gasteiger partial charge in [0.25, 0.3) is 0 Å². The van der Waals surface area contributed by atoms with E-state index < -0.39 is 21.4 Å². The van der Waals surface area contributed by atoms with Crippen LogP contribution in [0.15, 0.2) is 41.2 Å².